The molecule has 2 rings (SSSR count). The first kappa shape index (κ1) is 13.4. The summed E-state index contributed by atoms with van der Waals surface area (Å²) in [6.07, 6.45) is 4.33. The van der Waals surface area contributed by atoms with Crippen molar-refractivity contribution in [1.29, 1.82) is 0 Å². The van der Waals surface area contributed by atoms with Crippen molar-refractivity contribution in [3.05, 3.63) is 18.0 Å². The molecule has 1 aliphatic carbocycles. The van der Waals surface area contributed by atoms with E-state index in [-0.39, 0.29) is 16.3 Å². The molecule has 1 saturated carbocycles. The quantitative estimate of drug-likeness (QED) is 0.860. The first-order valence-corrected chi connectivity index (χ1v) is 7.96. The number of nitrogens with one attached hydrogen (secondary N) is 1. The SMILES string of the molecule is Cn1cc(S(=O)(=O)Cl)cc1C(=O)NC1(C)CCC1. The number of aromatic nitrogens is 1. The Kier molecular flexibility index (Phi) is 3.19. The van der Waals surface area contributed by atoms with Gasteiger partial charge in [-0.2, -0.15) is 0 Å². The Morgan fingerprint density at radius 3 is 2.50 bits per heavy atom. The fraction of sp³-hybridized carbons (Fsp3) is 0.545. The zero-order valence-electron chi connectivity index (χ0n) is 10.2. The molecule has 7 heteroatoms. The van der Waals surface area contributed by atoms with Crippen LogP contribution in [0.5, 0.6) is 0 Å². The van der Waals surface area contributed by atoms with Crippen LogP contribution in [0.3, 0.4) is 0 Å². The van der Waals surface area contributed by atoms with Crippen LogP contribution in [-0.4, -0.2) is 24.4 Å². The molecule has 0 aromatic carbocycles. The average molecular weight is 291 g/mol. The van der Waals surface area contributed by atoms with E-state index in [1.807, 2.05) is 6.92 Å². The summed E-state index contributed by atoms with van der Waals surface area (Å²) in [4.78, 5) is 12.0. The summed E-state index contributed by atoms with van der Waals surface area (Å²) < 4.78 is 23.9. The van der Waals surface area contributed by atoms with Gasteiger partial charge in [-0.3, -0.25) is 4.79 Å². The summed E-state index contributed by atoms with van der Waals surface area (Å²) in [7, 11) is 3.06. The molecule has 0 saturated heterocycles. The van der Waals surface area contributed by atoms with E-state index in [1.165, 1.54) is 16.8 Å². The van der Waals surface area contributed by atoms with E-state index in [0.717, 1.165) is 19.3 Å². The van der Waals surface area contributed by atoms with E-state index >= 15 is 0 Å². The molecule has 0 unspecified atom stereocenters. The minimum Gasteiger partial charge on any atom is -0.346 e. The van der Waals surface area contributed by atoms with E-state index < -0.39 is 9.05 Å². The van der Waals surface area contributed by atoms with Crippen LogP contribution in [0.1, 0.15) is 36.7 Å². The second-order valence-corrected chi connectivity index (χ2v) is 7.54. The molecule has 1 aromatic rings. The smallest absolute Gasteiger partial charge is 0.268 e. The lowest BCUT2D eigenvalue weighted by Crippen LogP contribution is -2.51. The third-order valence-corrected chi connectivity index (χ3v) is 4.69. The van der Waals surface area contributed by atoms with Crippen LogP contribution in [0.25, 0.3) is 0 Å². The van der Waals surface area contributed by atoms with Crippen molar-refractivity contribution < 1.29 is 13.2 Å². The summed E-state index contributed by atoms with van der Waals surface area (Å²) in [6.45, 7) is 1.98. The highest BCUT2D eigenvalue weighted by Gasteiger charge is 2.34. The Morgan fingerprint density at radius 1 is 1.50 bits per heavy atom. The molecule has 1 aliphatic rings. The van der Waals surface area contributed by atoms with Gasteiger partial charge in [0.05, 0.1) is 0 Å². The second-order valence-electron chi connectivity index (χ2n) is 4.98. The number of amides is 1. The number of halogens is 1. The Labute approximate surface area is 111 Å². The van der Waals surface area contributed by atoms with Crippen molar-refractivity contribution in [2.75, 3.05) is 0 Å². The van der Waals surface area contributed by atoms with Crippen LogP contribution in [0, 0.1) is 0 Å². The fourth-order valence-electron chi connectivity index (χ4n) is 2.06. The summed E-state index contributed by atoms with van der Waals surface area (Å²) in [5, 5.41) is 2.92. The predicted molar refractivity (Wildman–Crippen MR) is 68.2 cm³/mol. The maximum Gasteiger partial charge on any atom is 0.268 e. The second kappa shape index (κ2) is 4.28. The summed E-state index contributed by atoms with van der Waals surface area (Å²) in [5.74, 6) is -0.272. The van der Waals surface area contributed by atoms with Crippen molar-refractivity contribution in [2.24, 2.45) is 7.05 Å². The molecule has 0 aliphatic heterocycles. The van der Waals surface area contributed by atoms with Gasteiger partial charge in [0.15, 0.2) is 0 Å². The molecule has 18 heavy (non-hydrogen) atoms. The maximum atomic E-state index is 12.0. The zero-order valence-corrected chi connectivity index (χ0v) is 11.8. The van der Waals surface area contributed by atoms with Crippen LogP contribution in [0.4, 0.5) is 0 Å². The first-order valence-electron chi connectivity index (χ1n) is 5.65. The number of nitrogens with zero attached hydrogens (tertiary/aromatic N) is 1. The lowest BCUT2D eigenvalue weighted by Gasteiger charge is -2.39. The van der Waals surface area contributed by atoms with Gasteiger partial charge in [0.2, 0.25) is 0 Å². The highest BCUT2D eigenvalue weighted by molar-refractivity contribution is 8.13. The van der Waals surface area contributed by atoms with E-state index in [9.17, 15) is 13.2 Å². The highest BCUT2D eigenvalue weighted by atomic mass is 35.7. The number of carbonyl (C=O) groups is 1. The molecule has 100 valence electrons. The third-order valence-electron chi connectivity index (χ3n) is 3.37. The van der Waals surface area contributed by atoms with Crippen molar-refractivity contribution >= 4 is 25.6 Å². The molecule has 1 fully saturated rings. The van der Waals surface area contributed by atoms with Crippen molar-refractivity contribution in [1.82, 2.24) is 9.88 Å². The number of carbonyl (C=O) groups excluding carboxylic acids is 1. The molecule has 1 aromatic heterocycles. The molecule has 1 amide bonds. The molecule has 0 spiro atoms. The van der Waals surface area contributed by atoms with Gasteiger partial charge in [-0.15, -0.1) is 0 Å². The Morgan fingerprint density at radius 2 is 2.11 bits per heavy atom. The number of rotatable bonds is 3. The van der Waals surface area contributed by atoms with Crippen LogP contribution in [0.15, 0.2) is 17.2 Å². The van der Waals surface area contributed by atoms with Crippen LogP contribution >= 0.6 is 10.7 Å². The molecule has 5 nitrogen and oxygen atoms in total. The first-order chi connectivity index (χ1) is 8.21. The van der Waals surface area contributed by atoms with Gasteiger partial charge in [0.1, 0.15) is 10.6 Å². The van der Waals surface area contributed by atoms with Crippen molar-refractivity contribution in [2.45, 2.75) is 36.6 Å². The summed E-state index contributed by atoms with van der Waals surface area (Å²) in [5.41, 5.74) is 0.129. The van der Waals surface area contributed by atoms with Gasteiger partial charge in [0, 0.05) is 29.5 Å². The maximum absolute atomic E-state index is 12.0. The minimum atomic E-state index is -3.80. The molecule has 0 radical (unpaired) electrons. The molecule has 1 N–H and O–H groups in total. The molecule has 0 bridgehead atoms. The van der Waals surface area contributed by atoms with E-state index in [2.05, 4.69) is 5.32 Å². The minimum absolute atomic E-state index is 0.0596. The third kappa shape index (κ3) is 2.54. The van der Waals surface area contributed by atoms with Gasteiger partial charge in [-0.25, -0.2) is 8.42 Å². The van der Waals surface area contributed by atoms with Crippen LogP contribution in [0.2, 0.25) is 0 Å². The summed E-state index contributed by atoms with van der Waals surface area (Å²) in [6, 6.07) is 1.29. The molecular formula is C11H15ClN2O3S. The number of hydrogen-bond donors (Lipinski definition) is 1. The number of hydrogen-bond acceptors (Lipinski definition) is 3. The zero-order chi connectivity index (χ0) is 13.6. The van der Waals surface area contributed by atoms with Gasteiger partial charge >= 0.3 is 0 Å². The van der Waals surface area contributed by atoms with Crippen molar-refractivity contribution in [3.63, 3.8) is 0 Å². The normalized spacial score (nSPS) is 18.2. The van der Waals surface area contributed by atoms with Gasteiger partial charge in [-0.1, -0.05) is 0 Å². The Balaban J connectivity index is 2.23. The van der Waals surface area contributed by atoms with Gasteiger partial charge in [-0.05, 0) is 32.3 Å². The lowest BCUT2D eigenvalue weighted by molar-refractivity contribution is 0.0842. The van der Waals surface area contributed by atoms with E-state index in [1.54, 1.807) is 7.05 Å². The average Bonchev–Trinajstić information content (AvgIpc) is 2.57. The lowest BCUT2D eigenvalue weighted by atomic mass is 9.78. The van der Waals surface area contributed by atoms with Gasteiger partial charge in [0.25, 0.3) is 15.0 Å². The monoisotopic (exact) mass is 290 g/mol. The highest BCUT2D eigenvalue weighted by Crippen LogP contribution is 2.31. The fourth-order valence-corrected chi connectivity index (χ4v) is 2.85. The molecule has 1 heterocycles. The standard InChI is InChI=1S/C11H15ClN2O3S/c1-11(4-3-5-11)13-10(15)9-6-8(7-14(9)2)18(12,16)17/h6-7H,3-5H2,1-2H3,(H,13,15). The summed E-state index contributed by atoms with van der Waals surface area (Å²) >= 11 is 0. The van der Waals surface area contributed by atoms with E-state index in [4.69, 9.17) is 10.7 Å². The van der Waals surface area contributed by atoms with Gasteiger partial charge < -0.3 is 9.88 Å². The molecular weight excluding hydrogens is 276 g/mol. The Hall–Kier alpha value is -1.01. The topological polar surface area (TPSA) is 68.2 Å². The van der Waals surface area contributed by atoms with Crippen molar-refractivity contribution in [3.8, 4) is 0 Å². The largest absolute Gasteiger partial charge is 0.346 e. The predicted octanol–water partition coefficient (Wildman–Crippen LogP) is 1.62. The van der Waals surface area contributed by atoms with Crippen LogP contribution in [-0.2, 0) is 16.1 Å². The Bertz CT molecular complexity index is 587. The molecule has 0 atom stereocenters. The van der Waals surface area contributed by atoms with Crippen LogP contribution < -0.4 is 5.32 Å². The number of aryl methyl sites for hydroxylation is 1. The van der Waals surface area contributed by atoms with E-state index in [0.29, 0.717) is 5.69 Å².